The fourth-order valence-corrected chi connectivity index (χ4v) is 3.12. The van der Waals surface area contributed by atoms with Crippen LogP contribution in [0.5, 0.6) is 0 Å². The van der Waals surface area contributed by atoms with Gasteiger partial charge in [0.25, 0.3) is 0 Å². The topological polar surface area (TPSA) is 20.2 Å². The minimum Gasteiger partial charge on any atom is -0.393 e. The maximum absolute atomic E-state index is 10.2. The van der Waals surface area contributed by atoms with E-state index in [1.807, 2.05) is 0 Å². The molecule has 0 aromatic heterocycles. The molecule has 16 heavy (non-hydrogen) atoms. The summed E-state index contributed by atoms with van der Waals surface area (Å²) in [5.41, 5.74) is 0. The van der Waals surface area contributed by atoms with Crippen molar-refractivity contribution < 1.29 is 5.11 Å². The molecule has 96 valence electrons. The Morgan fingerprint density at radius 1 is 1.12 bits per heavy atom. The average molecular weight is 226 g/mol. The van der Waals surface area contributed by atoms with Crippen LogP contribution in [0.1, 0.15) is 66.2 Å². The first-order valence-corrected chi connectivity index (χ1v) is 7.20. The van der Waals surface area contributed by atoms with Crippen molar-refractivity contribution in [3.63, 3.8) is 0 Å². The molecule has 0 radical (unpaired) electrons. The average Bonchev–Trinajstić information content (AvgIpc) is 2.21. The van der Waals surface area contributed by atoms with Crippen LogP contribution in [0.3, 0.4) is 0 Å². The smallest absolute Gasteiger partial charge is 0.0596 e. The highest BCUT2D eigenvalue weighted by molar-refractivity contribution is 4.82. The zero-order valence-electron chi connectivity index (χ0n) is 11.6. The van der Waals surface area contributed by atoms with E-state index in [-0.39, 0.29) is 6.10 Å². The van der Waals surface area contributed by atoms with Crippen LogP contribution in [0.2, 0.25) is 0 Å². The molecule has 1 aliphatic rings. The molecule has 1 nitrogen and oxygen atoms in total. The van der Waals surface area contributed by atoms with E-state index in [1.165, 1.54) is 38.5 Å². The van der Waals surface area contributed by atoms with Crippen LogP contribution in [0, 0.1) is 23.7 Å². The van der Waals surface area contributed by atoms with Gasteiger partial charge in [-0.25, -0.2) is 0 Å². The van der Waals surface area contributed by atoms with Crippen molar-refractivity contribution in [1.29, 1.82) is 0 Å². The highest BCUT2D eigenvalue weighted by atomic mass is 16.3. The predicted molar refractivity (Wildman–Crippen MR) is 70.4 cm³/mol. The monoisotopic (exact) mass is 226 g/mol. The van der Waals surface area contributed by atoms with Gasteiger partial charge in [-0.3, -0.25) is 0 Å². The zero-order chi connectivity index (χ0) is 12.1. The number of rotatable bonds is 5. The Hall–Kier alpha value is -0.0400. The fraction of sp³-hybridized carbons (Fsp3) is 1.00. The molecule has 1 N–H and O–H groups in total. The molecule has 0 heterocycles. The molecule has 0 spiro atoms. The molecule has 0 aliphatic heterocycles. The van der Waals surface area contributed by atoms with Crippen LogP contribution in [-0.2, 0) is 0 Å². The lowest BCUT2D eigenvalue weighted by Crippen LogP contribution is -2.35. The highest BCUT2D eigenvalue weighted by Crippen LogP contribution is 2.35. The van der Waals surface area contributed by atoms with Crippen molar-refractivity contribution in [3.05, 3.63) is 0 Å². The van der Waals surface area contributed by atoms with Gasteiger partial charge in [0.15, 0.2) is 0 Å². The number of aliphatic hydroxyl groups is 1. The minimum atomic E-state index is -0.0391. The molecule has 0 aromatic carbocycles. The van der Waals surface area contributed by atoms with E-state index in [2.05, 4.69) is 27.7 Å². The number of hydrogen-bond donors (Lipinski definition) is 1. The number of hydrogen-bond acceptors (Lipinski definition) is 1. The third kappa shape index (κ3) is 4.08. The predicted octanol–water partition coefficient (Wildman–Crippen LogP) is 4.25. The Labute approximate surface area is 102 Å². The Kier molecular flexibility index (Phi) is 5.82. The van der Waals surface area contributed by atoms with Crippen molar-refractivity contribution in [2.75, 3.05) is 0 Å². The second-order valence-corrected chi connectivity index (χ2v) is 6.36. The summed E-state index contributed by atoms with van der Waals surface area (Å²) in [5.74, 6) is 2.61. The van der Waals surface area contributed by atoms with Gasteiger partial charge in [0, 0.05) is 0 Å². The molecular formula is C15H30O. The maximum atomic E-state index is 10.2. The van der Waals surface area contributed by atoms with Gasteiger partial charge >= 0.3 is 0 Å². The second kappa shape index (κ2) is 6.64. The number of aliphatic hydroxyl groups excluding tert-OH is 1. The normalized spacial score (nSPS) is 33.0. The van der Waals surface area contributed by atoms with Crippen LogP contribution in [0.15, 0.2) is 0 Å². The Bertz CT molecular complexity index is 188. The summed E-state index contributed by atoms with van der Waals surface area (Å²) >= 11 is 0. The third-order valence-electron chi connectivity index (χ3n) is 4.39. The van der Waals surface area contributed by atoms with E-state index in [9.17, 15) is 5.11 Å². The van der Waals surface area contributed by atoms with E-state index in [1.54, 1.807) is 0 Å². The van der Waals surface area contributed by atoms with E-state index < -0.39 is 0 Å². The van der Waals surface area contributed by atoms with Gasteiger partial charge < -0.3 is 5.11 Å². The quantitative estimate of drug-likeness (QED) is 0.743. The van der Waals surface area contributed by atoms with Gasteiger partial charge in [-0.05, 0) is 36.5 Å². The summed E-state index contributed by atoms with van der Waals surface area (Å²) in [6.45, 7) is 9.13. The van der Waals surface area contributed by atoms with Gasteiger partial charge in [-0.15, -0.1) is 0 Å². The lowest BCUT2D eigenvalue weighted by atomic mass is 9.72. The van der Waals surface area contributed by atoms with Crippen molar-refractivity contribution in [2.45, 2.75) is 72.3 Å². The summed E-state index contributed by atoms with van der Waals surface area (Å²) in [6, 6.07) is 0. The summed E-state index contributed by atoms with van der Waals surface area (Å²) in [6.07, 6.45) is 7.70. The summed E-state index contributed by atoms with van der Waals surface area (Å²) in [4.78, 5) is 0. The van der Waals surface area contributed by atoms with Gasteiger partial charge in [0.1, 0.15) is 0 Å². The van der Waals surface area contributed by atoms with Gasteiger partial charge in [0.2, 0.25) is 0 Å². The standard InChI is InChI=1S/C15H30O/c1-11(2)7-5-8-12(3)14-10-6-9-13(4)15(14)16/h11-16H,5-10H2,1-4H3. The van der Waals surface area contributed by atoms with Gasteiger partial charge in [-0.2, -0.15) is 0 Å². The van der Waals surface area contributed by atoms with Gasteiger partial charge in [0.05, 0.1) is 6.10 Å². The van der Waals surface area contributed by atoms with Crippen LogP contribution >= 0.6 is 0 Å². The van der Waals surface area contributed by atoms with E-state index in [0.717, 1.165) is 5.92 Å². The van der Waals surface area contributed by atoms with Crippen molar-refractivity contribution in [3.8, 4) is 0 Å². The van der Waals surface area contributed by atoms with Crippen LogP contribution in [-0.4, -0.2) is 11.2 Å². The SMILES string of the molecule is CC(C)CCCC(C)C1CCCC(C)C1O. The van der Waals surface area contributed by atoms with Crippen LogP contribution < -0.4 is 0 Å². The fourth-order valence-electron chi connectivity index (χ4n) is 3.12. The third-order valence-corrected chi connectivity index (χ3v) is 4.39. The molecule has 1 aliphatic carbocycles. The molecule has 0 aromatic rings. The van der Waals surface area contributed by atoms with Crippen molar-refractivity contribution >= 4 is 0 Å². The summed E-state index contributed by atoms with van der Waals surface area (Å²) < 4.78 is 0. The molecule has 0 saturated heterocycles. The minimum absolute atomic E-state index is 0.0391. The maximum Gasteiger partial charge on any atom is 0.0596 e. The zero-order valence-corrected chi connectivity index (χ0v) is 11.6. The van der Waals surface area contributed by atoms with Gasteiger partial charge in [-0.1, -0.05) is 53.4 Å². The molecular weight excluding hydrogens is 196 g/mol. The molecule has 0 bridgehead atoms. The van der Waals surface area contributed by atoms with Crippen molar-refractivity contribution in [1.82, 2.24) is 0 Å². The molecule has 4 unspecified atom stereocenters. The molecule has 1 rings (SSSR count). The summed E-state index contributed by atoms with van der Waals surface area (Å²) in [5, 5.41) is 10.2. The van der Waals surface area contributed by atoms with E-state index >= 15 is 0 Å². The highest BCUT2D eigenvalue weighted by Gasteiger charge is 2.32. The Morgan fingerprint density at radius 2 is 1.81 bits per heavy atom. The van der Waals surface area contributed by atoms with E-state index in [4.69, 9.17) is 0 Å². The first-order chi connectivity index (χ1) is 7.52. The second-order valence-electron chi connectivity index (χ2n) is 6.36. The van der Waals surface area contributed by atoms with E-state index in [0.29, 0.717) is 17.8 Å². The molecule has 1 saturated carbocycles. The van der Waals surface area contributed by atoms with Crippen LogP contribution in [0.4, 0.5) is 0 Å². The Morgan fingerprint density at radius 3 is 2.44 bits per heavy atom. The first kappa shape index (κ1) is 14.0. The molecule has 1 fully saturated rings. The molecule has 4 atom stereocenters. The molecule has 0 amide bonds. The first-order valence-electron chi connectivity index (χ1n) is 7.20. The molecule has 1 heteroatoms. The largest absolute Gasteiger partial charge is 0.393 e. The van der Waals surface area contributed by atoms with Crippen LogP contribution in [0.25, 0.3) is 0 Å². The Balaban J connectivity index is 2.31. The lowest BCUT2D eigenvalue weighted by molar-refractivity contribution is -0.00103. The lowest BCUT2D eigenvalue weighted by Gasteiger charge is -2.36. The summed E-state index contributed by atoms with van der Waals surface area (Å²) in [7, 11) is 0. The van der Waals surface area contributed by atoms with Crippen molar-refractivity contribution in [2.24, 2.45) is 23.7 Å².